The second kappa shape index (κ2) is 4.09. The molecule has 1 aromatic carbocycles. The molecular weight excluding hydrogens is 210 g/mol. The predicted octanol–water partition coefficient (Wildman–Crippen LogP) is 2.59. The van der Waals surface area contributed by atoms with Crippen LogP contribution in [0.2, 0.25) is 0 Å². The zero-order valence-corrected chi connectivity index (χ0v) is 9.82. The molecule has 2 aliphatic heterocycles. The number of hydrogen-bond acceptors (Lipinski definition) is 3. The summed E-state index contributed by atoms with van der Waals surface area (Å²) in [4.78, 5) is 2.35. The molecule has 1 aromatic rings. The highest BCUT2D eigenvalue weighted by molar-refractivity contribution is 5.72. The number of nitrogens with zero attached hydrogens (tertiary/aromatic N) is 3. The van der Waals surface area contributed by atoms with E-state index in [1.165, 1.54) is 11.3 Å². The average Bonchev–Trinajstić information content (AvgIpc) is 2.39. The van der Waals surface area contributed by atoms with E-state index in [0.717, 1.165) is 6.54 Å². The Morgan fingerprint density at radius 3 is 2.88 bits per heavy atom. The lowest BCUT2D eigenvalue weighted by Gasteiger charge is -2.41. The van der Waals surface area contributed by atoms with E-state index in [-0.39, 0.29) is 6.17 Å². The van der Waals surface area contributed by atoms with Crippen LogP contribution in [0.15, 0.2) is 59.4 Å². The van der Waals surface area contributed by atoms with Crippen molar-refractivity contribution in [2.24, 2.45) is 5.10 Å². The van der Waals surface area contributed by atoms with Crippen LogP contribution in [0.5, 0.6) is 0 Å². The quantitative estimate of drug-likeness (QED) is 0.731. The van der Waals surface area contributed by atoms with Crippen LogP contribution in [0.4, 0.5) is 5.69 Å². The number of allylic oxidation sites excluding steroid dienone is 1. The van der Waals surface area contributed by atoms with Crippen LogP contribution in [0.25, 0.3) is 0 Å². The number of para-hydroxylation sites is 1. The second-order valence-corrected chi connectivity index (χ2v) is 4.38. The van der Waals surface area contributed by atoms with Gasteiger partial charge in [0.05, 0.1) is 0 Å². The first-order valence-corrected chi connectivity index (χ1v) is 5.83. The fourth-order valence-electron chi connectivity index (χ4n) is 2.27. The molecule has 0 bridgehead atoms. The number of hydrazone groups is 1. The Bertz CT molecular complexity index is 487. The van der Waals surface area contributed by atoms with Crippen LogP contribution in [0.3, 0.4) is 0 Å². The summed E-state index contributed by atoms with van der Waals surface area (Å²) in [6, 6.07) is 10.5. The first kappa shape index (κ1) is 10.1. The first-order valence-electron chi connectivity index (χ1n) is 5.83. The Hall–Kier alpha value is -2.03. The van der Waals surface area contributed by atoms with E-state index in [9.17, 15) is 0 Å². The minimum absolute atomic E-state index is 0.200. The third kappa shape index (κ3) is 1.84. The Labute approximate surface area is 101 Å². The molecule has 0 amide bonds. The van der Waals surface area contributed by atoms with E-state index < -0.39 is 0 Å². The zero-order chi connectivity index (χ0) is 11.7. The summed E-state index contributed by atoms with van der Waals surface area (Å²) in [5, 5.41) is 6.39. The molecule has 0 fully saturated rings. The third-order valence-electron chi connectivity index (χ3n) is 3.02. The van der Waals surface area contributed by atoms with Crippen molar-refractivity contribution >= 4 is 11.9 Å². The maximum absolute atomic E-state index is 4.38. The van der Waals surface area contributed by atoms with Crippen LogP contribution in [0.1, 0.15) is 6.92 Å². The van der Waals surface area contributed by atoms with Gasteiger partial charge in [-0.05, 0) is 36.8 Å². The summed E-state index contributed by atoms with van der Waals surface area (Å²) >= 11 is 0. The molecule has 1 atom stereocenters. The van der Waals surface area contributed by atoms with E-state index in [2.05, 4.69) is 53.5 Å². The first-order chi connectivity index (χ1) is 8.34. The summed E-state index contributed by atoms with van der Waals surface area (Å²) in [5.41, 5.74) is 2.55. The molecule has 1 unspecified atom stereocenters. The van der Waals surface area contributed by atoms with Crippen LogP contribution in [-0.4, -0.2) is 23.9 Å². The van der Waals surface area contributed by atoms with Crippen LogP contribution in [0, 0.1) is 0 Å². The highest BCUT2D eigenvalue weighted by atomic mass is 15.5. The lowest BCUT2D eigenvalue weighted by Crippen LogP contribution is -2.48. The lowest BCUT2D eigenvalue weighted by molar-refractivity contribution is 0.307. The van der Waals surface area contributed by atoms with Gasteiger partial charge in [-0.15, -0.1) is 0 Å². The SMILES string of the molecule is CC1=CN2N=CC=CC2N(c2ccccc2)C1. The molecule has 2 heterocycles. The number of fused-ring (bicyclic) bond motifs is 1. The number of anilines is 1. The van der Waals surface area contributed by atoms with Gasteiger partial charge in [0.25, 0.3) is 0 Å². The molecule has 86 valence electrons. The largest absolute Gasteiger partial charge is 0.342 e. The van der Waals surface area contributed by atoms with Gasteiger partial charge in [-0.3, -0.25) is 0 Å². The van der Waals surface area contributed by atoms with Crippen molar-refractivity contribution in [1.29, 1.82) is 0 Å². The molecular formula is C14H15N3. The fraction of sp³-hybridized carbons (Fsp3) is 0.214. The molecule has 3 rings (SSSR count). The minimum Gasteiger partial charge on any atom is -0.342 e. The Kier molecular flexibility index (Phi) is 2.44. The fourth-order valence-corrected chi connectivity index (χ4v) is 2.27. The van der Waals surface area contributed by atoms with Gasteiger partial charge in [0, 0.05) is 24.6 Å². The van der Waals surface area contributed by atoms with Crippen molar-refractivity contribution < 1.29 is 0 Å². The smallest absolute Gasteiger partial charge is 0.142 e. The molecule has 3 nitrogen and oxygen atoms in total. The minimum atomic E-state index is 0.200. The van der Waals surface area contributed by atoms with Crippen molar-refractivity contribution in [2.75, 3.05) is 11.4 Å². The molecule has 17 heavy (non-hydrogen) atoms. The number of benzene rings is 1. The summed E-state index contributed by atoms with van der Waals surface area (Å²) in [7, 11) is 0. The molecule has 2 aliphatic rings. The monoisotopic (exact) mass is 225 g/mol. The molecule has 0 spiro atoms. The van der Waals surface area contributed by atoms with E-state index in [1.54, 1.807) is 0 Å². The standard InChI is InChI=1S/C14H15N3/c1-12-10-16(13-6-3-2-4-7-13)14-8-5-9-15-17(14)11-12/h2-9,11,14H,10H2,1H3. The van der Waals surface area contributed by atoms with Gasteiger partial charge >= 0.3 is 0 Å². The number of rotatable bonds is 1. The van der Waals surface area contributed by atoms with E-state index >= 15 is 0 Å². The van der Waals surface area contributed by atoms with Gasteiger partial charge in [-0.2, -0.15) is 5.10 Å². The molecule has 0 saturated heterocycles. The number of hydrogen-bond donors (Lipinski definition) is 0. The molecule has 0 aliphatic carbocycles. The van der Waals surface area contributed by atoms with Gasteiger partial charge in [0.1, 0.15) is 6.17 Å². The summed E-state index contributed by atoms with van der Waals surface area (Å²) in [6.07, 6.45) is 8.32. The zero-order valence-electron chi connectivity index (χ0n) is 9.82. The van der Waals surface area contributed by atoms with E-state index in [0.29, 0.717) is 0 Å². The summed E-state index contributed by atoms with van der Waals surface area (Å²) in [6.45, 7) is 3.09. The summed E-state index contributed by atoms with van der Waals surface area (Å²) in [5.74, 6) is 0. The van der Waals surface area contributed by atoms with E-state index in [1.807, 2.05) is 23.4 Å². The van der Waals surface area contributed by atoms with Gasteiger partial charge < -0.3 is 4.90 Å². The van der Waals surface area contributed by atoms with Crippen molar-refractivity contribution in [3.8, 4) is 0 Å². The van der Waals surface area contributed by atoms with Gasteiger partial charge in [0.2, 0.25) is 0 Å². The lowest BCUT2D eigenvalue weighted by atomic mass is 10.1. The maximum atomic E-state index is 4.38. The van der Waals surface area contributed by atoms with Crippen LogP contribution >= 0.6 is 0 Å². The van der Waals surface area contributed by atoms with Crippen molar-refractivity contribution in [3.05, 3.63) is 54.3 Å². The van der Waals surface area contributed by atoms with Crippen LogP contribution in [-0.2, 0) is 0 Å². The average molecular weight is 225 g/mol. The van der Waals surface area contributed by atoms with Crippen LogP contribution < -0.4 is 4.90 Å². The highest BCUT2D eigenvalue weighted by Crippen LogP contribution is 2.26. The van der Waals surface area contributed by atoms with Crippen molar-refractivity contribution in [1.82, 2.24) is 5.01 Å². The molecule has 0 saturated carbocycles. The Balaban J connectivity index is 1.98. The van der Waals surface area contributed by atoms with Gasteiger partial charge in [-0.25, -0.2) is 5.01 Å². The normalized spacial score (nSPS) is 22.4. The van der Waals surface area contributed by atoms with Gasteiger partial charge in [-0.1, -0.05) is 18.2 Å². The third-order valence-corrected chi connectivity index (χ3v) is 3.02. The molecule has 3 heteroatoms. The maximum Gasteiger partial charge on any atom is 0.142 e. The second-order valence-electron chi connectivity index (χ2n) is 4.38. The topological polar surface area (TPSA) is 18.8 Å². The summed E-state index contributed by atoms with van der Waals surface area (Å²) < 4.78 is 0. The van der Waals surface area contributed by atoms with E-state index in [4.69, 9.17) is 0 Å². The predicted molar refractivity (Wildman–Crippen MR) is 70.8 cm³/mol. The molecule has 0 N–H and O–H groups in total. The highest BCUT2D eigenvalue weighted by Gasteiger charge is 2.26. The Morgan fingerprint density at radius 1 is 1.24 bits per heavy atom. The van der Waals surface area contributed by atoms with Gasteiger partial charge in [0.15, 0.2) is 0 Å². The Morgan fingerprint density at radius 2 is 2.06 bits per heavy atom. The van der Waals surface area contributed by atoms with Crippen molar-refractivity contribution in [3.63, 3.8) is 0 Å². The molecule has 0 aromatic heterocycles. The van der Waals surface area contributed by atoms with Crippen molar-refractivity contribution in [2.45, 2.75) is 13.1 Å². The molecule has 0 radical (unpaired) electrons.